The largest absolute Gasteiger partial charge is 0.416 e. The molecular formula is C12H13F3N2O2. The van der Waals surface area contributed by atoms with Gasteiger partial charge >= 0.3 is 6.18 Å². The molecule has 19 heavy (non-hydrogen) atoms. The number of hydrogen-bond acceptors (Lipinski definition) is 4. The third-order valence-corrected chi connectivity index (χ3v) is 2.35. The van der Waals surface area contributed by atoms with E-state index in [0.29, 0.717) is 0 Å². The van der Waals surface area contributed by atoms with Crippen molar-refractivity contribution >= 4 is 5.69 Å². The van der Waals surface area contributed by atoms with Gasteiger partial charge in [-0.1, -0.05) is 0 Å². The Kier molecular flexibility index (Phi) is 5.15. The monoisotopic (exact) mass is 274 g/mol. The number of nitrogens with one attached hydrogen (secondary N) is 1. The maximum atomic E-state index is 12.5. The van der Waals surface area contributed by atoms with Crippen molar-refractivity contribution < 1.29 is 23.0 Å². The average Bonchev–Trinajstić information content (AvgIpc) is 2.35. The minimum atomic E-state index is -4.49. The number of alkyl halides is 3. The van der Waals surface area contributed by atoms with Gasteiger partial charge in [-0.15, -0.1) is 0 Å². The van der Waals surface area contributed by atoms with Gasteiger partial charge in [-0.3, -0.25) is 0 Å². The Morgan fingerprint density at radius 3 is 2.68 bits per heavy atom. The summed E-state index contributed by atoms with van der Waals surface area (Å²) in [5, 5.41) is 20.9. The number of aliphatic hydroxyl groups excluding tert-OH is 1. The van der Waals surface area contributed by atoms with Crippen LogP contribution in [-0.2, 0) is 10.9 Å². The van der Waals surface area contributed by atoms with E-state index < -0.39 is 17.8 Å². The molecule has 0 aromatic heterocycles. The second-order valence-corrected chi connectivity index (χ2v) is 3.86. The number of ether oxygens (including phenoxy) is 1. The summed E-state index contributed by atoms with van der Waals surface area (Å²) < 4.78 is 42.1. The van der Waals surface area contributed by atoms with Crippen LogP contribution in [-0.4, -0.2) is 31.5 Å². The molecule has 1 aromatic rings. The van der Waals surface area contributed by atoms with Crippen LogP contribution >= 0.6 is 0 Å². The second kappa shape index (κ2) is 6.41. The zero-order valence-electron chi connectivity index (χ0n) is 10.2. The molecule has 104 valence electrons. The van der Waals surface area contributed by atoms with Crippen molar-refractivity contribution in [2.24, 2.45) is 0 Å². The average molecular weight is 274 g/mol. The third-order valence-electron chi connectivity index (χ3n) is 2.35. The number of rotatable bonds is 5. The number of halogens is 3. The summed E-state index contributed by atoms with van der Waals surface area (Å²) >= 11 is 0. The van der Waals surface area contributed by atoms with E-state index in [4.69, 9.17) is 10.00 Å². The smallest absolute Gasteiger partial charge is 0.389 e. The van der Waals surface area contributed by atoms with E-state index in [1.54, 1.807) is 6.07 Å². The van der Waals surface area contributed by atoms with E-state index in [0.717, 1.165) is 12.1 Å². The quantitative estimate of drug-likeness (QED) is 0.862. The van der Waals surface area contributed by atoms with Gasteiger partial charge in [0.1, 0.15) is 6.07 Å². The minimum Gasteiger partial charge on any atom is -0.389 e. The number of nitriles is 1. The lowest BCUT2D eigenvalue weighted by molar-refractivity contribution is -0.137. The van der Waals surface area contributed by atoms with Crippen molar-refractivity contribution in [1.82, 2.24) is 0 Å². The van der Waals surface area contributed by atoms with Gasteiger partial charge < -0.3 is 15.2 Å². The topological polar surface area (TPSA) is 65.3 Å². The molecule has 0 amide bonds. The summed E-state index contributed by atoms with van der Waals surface area (Å²) in [6.07, 6.45) is -5.29. The van der Waals surface area contributed by atoms with Crippen LogP contribution in [0.3, 0.4) is 0 Å². The Morgan fingerprint density at radius 1 is 1.47 bits per heavy atom. The fourth-order valence-corrected chi connectivity index (χ4v) is 1.45. The molecule has 1 unspecified atom stereocenters. The molecule has 4 nitrogen and oxygen atoms in total. The molecule has 1 aromatic carbocycles. The Bertz CT molecular complexity index is 469. The SMILES string of the molecule is COCC(O)CNc1ccc(C(F)(F)F)cc1C#N. The highest BCUT2D eigenvalue weighted by Gasteiger charge is 2.31. The van der Waals surface area contributed by atoms with Crippen LogP contribution < -0.4 is 5.32 Å². The maximum Gasteiger partial charge on any atom is 0.416 e. The predicted octanol–water partition coefficient (Wildman–Crippen LogP) is 2.00. The van der Waals surface area contributed by atoms with Crippen LogP contribution in [0.25, 0.3) is 0 Å². The maximum absolute atomic E-state index is 12.5. The molecule has 1 atom stereocenters. The van der Waals surface area contributed by atoms with E-state index >= 15 is 0 Å². The van der Waals surface area contributed by atoms with Crippen LogP contribution in [0.15, 0.2) is 18.2 Å². The molecule has 0 spiro atoms. The van der Waals surface area contributed by atoms with Crippen LogP contribution in [0.2, 0.25) is 0 Å². The van der Waals surface area contributed by atoms with Gasteiger partial charge in [0.15, 0.2) is 0 Å². The van der Waals surface area contributed by atoms with Gasteiger partial charge in [-0.25, -0.2) is 0 Å². The third kappa shape index (κ3) is 4.43. The molecular weight excluding hydrogens is 261 g/mol. The van der Waals surface area contributed by atoms with E-state index in [1.807, 2.05) is 0 Å². The van der Waals surface area contributed by atoms with Crippen molar-refractivity contribution in [3.63, 3.8) is 0 Å². The van der Waals surface area contributed by atoms with Crippen molar-refractivity contribution in [3.05, 3.63) is 29.3 Å². The van der Waals surface area contributed by atoms with E-state index in [-0.39, 0.29) is 24.4 Å². The van der Waals surface area contributed by atoms with Gasteiger partial charge in [0.05, 0.1) is 29.5 Å². The van der Waals surface area contributed by atoms with Crippen molar-refractivity contribution in [2.45, 2.75) is 12.3 Å². The zero-order chi connectivity index (χ0) is 14.5. The molecule has 1 rings (SSSR count). The van der Waals surface area contributed by atoms with Gasteiger partial charge in [0.25, 0.3) is 0 Å². The van der Waals surface area contributed by atoms with Gasteiger partial charge in [0.2, 0.25) is 0 Å². The molecule has 2 N–H and O–H groups in total. The summed E-state index contributed by atoms with van der Waals surface area (Å²) in [5.41, 5.74) is -0.767. The minimum absolute atomic E-state index is 0.0773. The zero-order valence-corrected chi connectivity index (χ0v) is 10.2. The number of methoxy groups -OCH3 is 1. The molecule has 0 saturated carbocycles. The van der Waals surface area contributed by atoms with Crippen LogP contribution in [0.5, 0.6) is 0 Å². The number of hydrogen-bond donors (Lipinski definition) is 2. The second-order valence-electron chi connectivity index (χ2n) is 3.86. The fourth-order valence-electron chi connectivity index (χ4n) is 1.45. The highest BCUT2D eigenvalue weighted by Crippen LogP contribution is 2.31. The first-order valence-electron chi connectivity index (χ1n) is 5.40. The highest BCUT2D eigenvalue weighted by molar-refractivity contribution is 5.59. The molecule has 0 aliphatic heterocycles. The Morgan fingerprint density at radius 2 is 2.16 bits per heavy atom. The first-order chi connectivity index (χ1) is 8.88. The predicted molar refractivity (Wildman–Crippen MR) is 62.5 cm³/mol. The number of nitrogens with zero attached hydrogens (tertiary/aromatic N) is 1. The van der Waals surface area contributed by atoms with Gasteiger partial charge in [-0.2, -0.15) is 18.4 Å². The first kappa shape index (κ1) is 15.3. The van der Waals surface area contributed by atoms with Crippen molar-refractivity contribution in [2.75, 3.05) is 25.6 Å². The summed E-state index contributed by atoms with van der Waals surface area (Å²) in [6, 6.07) is 4.51. The van der Waals surface area contributed by atoms with Crippen molar-refractivity contribution in [1.29, 1.82) is 5.26 Å². The Balaban J connectivity index is 2.83. The van der Waals surface area contributed by atoms with Crippen LogP contribution in [0.1, 0.15) is 11.1 Å². The normalized spacial score (nSPS) is 12.8. The molecule has 7 heteroatoms. The molecule has 0 bridgehead atoms. The van der Waals surface area contributed by atoms with Crippen LogP contribution in [0.4, 0.5) is 18.9 Å². The standard InChI is InChI=1S/C12H13F3N2O2/c1-19-7-10(18)6-17-11-3-2-9(12(13,14)15)4-8(11)5-16/h2-4,10,17-18H,6-7H2,1H3. The first-order valence-corrected chi connectivity index (χ1v) is 5.40. The number of benzene rings is 1. The van der Waals surface area contributed by atoms with Gasteiger partial charge in [0, 0.05) is 13.7 Å². The summed E-state index contributed by atoms with van der Waals surface area (Å²) in [4.78, 5) is 0. The lowest BCUT2D eigenvalue weighted by Crippen LogP contribution is -2.24. The molecule has 0 saturated heterocycles. The lowest BCUT2D eigenvalue weighted by Gasteiger charge is -2.14. The molecule has 0 aliphatic rings. The fraction of sp³-hybridized carbons (Fsp3) is 0.417. The van der Waals surface area contributed by atoms with Gasteiger partial charge in [-0.05, 0) is 18.2 Å². The number of aliphatic hydroxyl groups is 1. The summed E-state index contributed by atoms with van der Waals surface area (Å²) in [7, 11) is 1.42. The Hall–Kier alpha value is -1.78. The molecule has 0 fully saturated rings. The summed E-state index contributed by atoms with van der Waals surface area (Å²) in [5.74, 6) is 0. The van der Waals surface area contributed by atoms with E-state index in [1.165, 1.54) is 13.2 Å². The summed E-state index contributed by atoms with van der Waals surface area (Å²) in [6.45, 7) is 0.170. The number of anilines is 1. The Labute approximate surface area is 108 Å². The highest BCUT2D eigenvalue weighted by atomic mass is 19.4. The van der Waals surface area contributed by atoms with Crippen molar-refractivity contribution in [3.8, 4) is 6.07 Å². The van der Waals surface area contributed by atoms with E-state index in [9.17, 15) is 18.3 Å². The molecule has 0 radical (unpaired) electrons. The van der Waals surface area contributed by atoms with E-state index in [2.05, 4.69) is 5.32 Å². The molecule has 0 heterocycles. The lowest BCUT2D eigenvalue weighted by atomic mass is 10.1. The molecule has 0 aliphatic carbocycles. The van der Waals surface area contributed by atoms with Crippen LogP contribution in [0, 0.1) is 11.3 Å².